The van der Waals surface area contributed by atoms with Crippen LogP contribution in [0.2, 0.25) is 0 Å². The molecule has 3 N–H and O–H groups in total. The zero-order valence-electron chi connectivity index (χ0n) is 16.3. The third kappa shape index (κ3) is 5.29. The molecule has 1 aromatic heterocycles. The first-order valence-corrected chi connectivity index (χ1v) is 10.0. The highest BCUT2D eigenvalue weighted by Gasteiger charge is 2.12. The van der Waals surface area contributed by atoms with Crippen molar-refractivity contribution in [1.29, 1.82) is 0 Å². The second kappa shape index (κ2) is 9.47. The highest BCUT2D eigenvalue weighted by atomic mass is 32.1. The van der Waals surface area contributed by atoms with Gasteiger partial charge in [0.2, 0.25) is 11.8 Å². The summed E-state index contributed by atoms with van der Waals surface area (Å²) < 4.78 is 1.70. The molecule has 8 heteroatoms. The van der Waals surface area contributed by atoms with E-state index in [1.165, 1.54) is 36.1 Å². The van der Waals surface area contributed by atoms with E-state index in [0.29, 0.717) is 17.9 Å². The molecule has 7 nitrogen and oxygen atoms in total. The van der Waals surface area contributed by atoms with E-state index in [1.807, 2.05) is 0 Å². The van der Waals surface area contributed by atoms with Gasteiger partial charge in [-0.2, -0.15) is 0 Å². The first-order valence-electron chi connectivity index (χ1n) is 9.60. The maximum absolute atomic E-state index is 12.3. The number of allylic oxidation sites excluding steroid dienone is 2. The summed E-state index contributed by atoms with van der Waals surface area (Å²) in [7, 11) is 0. The number of aliphatic imine (C=N–C) groups is 1. The van der Waals surface area contributed by atoms with Gasteiger partial charge >= 0.3 is 0 Å². The Balaban J connectivity index is 1.89. The van der Waals surface area contributed by atoms with E-state index in [9.17, 15) is 14.7 Å². The number of hydrogen-bond donors (Lipinski definition) is 3. The number of carbonyl (C=O) groups is 1. The van der Waals surface area contributed by atoms with Crippen LogP contribution in [0.5, 0.6) is 5.88 Å². The third-order valence-electron chi connectivity index (χ3n) is 4.80. The van der Waals surface area contributed by atoms with Crippen LogP contribution in [0.25, 0.3) is 0 Å². The number of aromatic amines is 1. The van der Waals surface area contributed by atoms with Crippen molar-refractivity contribution in [3.63, 3.8) is 0 Å². The summed E-state index contributed by atoms with van der Waals surface area (Å²) in [5.41, 5.74) is 1.85. The van der Waals surface area contributed by atoms with Gasteiger partial charge in [-0.3, -0.25) is 24.1 Å². The molecule has 0 unspecified atom stereocenters. The van der Waals surface area contributed by atoms with Crippen LogP contribution in [0.1, 0.15) is 44.6 Å². The summed E-state index contributed by atoms with van der Waals surface area (Å²) in [6, 6.07) is 6.96. The van der Waals surface area contributed by atoms with Crippen molar-refractivity contribution >= 4 is 35.7 Å². The van der Waals surface area contributed by atoms with E-state index >= 15 is 0 Å². The molecule has 29 heavy (non-hydrogen) atoms. The van der Waals surface area contributed by atoms with Crippen molar-refractivity contribution in [2.75, 3.05) is 5.32 Å². The average Bonchev–Trinajstić information content (AvgIpc) is 2.69. The fraction of sp³-hybridized carbons (Fsp3) is 0.333. The zero-order valence-corrected chi connectivity index (χ0v) is 17.1. The molecule has 2 aromatic rings. The van der Waals surface area contributed by atoms with Crippen LogP contribution in [-0.2, 0) is 11.3 Å². The SMILES string of the molecule is CC(=O)Nc1ccccc1N=Cc1c(O)n(CCC2=CCCCC2)c(=S)[nH]c1=O. The molecule has 0 fully saturated rings. The Kier molecular flexibility index (Phi) is 6.77. The van der Waals surface area contributed by atoms with Gasteiger partial charge in [0.05, 0.1) is 11.4 Å². The second-order valence-electron chi connectivity index (χ2n) is 6.96. The van der Waals surface area contributed by atoms with E-state index in [2.05, 4.69) is 21.4 Å². The Hall–Kier alpha value is -3.00. The maximum Gasteiger partial charge on any atom is 0.264 e. The van der Waals surface area contributed by atoms with Gasteiger partial charge in [0.1, 0.15) is 5.56 Å². The molecule has 1 amide bonds. The van der Waals surface area contributed by atoms with Gasteiger partial charge in [0.25, 0.3) is 5.56 Å². The molecule has 1 aliphatic carbocycles. The molecule has 0 radical (unpaired) electrons. The number of H-pyrrole nitrogens is 1. The number of rotatable bonds is 6. The van der Waals surface area contributed by atoms with Crippen LogP contribution in [0.15, 0.2) is 45.7 Å². The number of benzene rings is 1. The first-order chi connectivity index (χ1) is 14.0. The van der Waals surface area contributed by atoms with Crippen molar-refractivity contribution in [2.45, 2.75) is 45.6 Å². The van der Waals surface area contributed by atoms with Gasteiger partial charge in [0.15, 0.2) is 4.77 Å². The number of amides is 1. The molecular formula is C21H24N4O3S. The number of aromatic hydroxyl groups is 1. The lowest BCUT2D eigenvalue weighted by atomic mass is 9.97. The fourth-order valence-corrected chi connectivity index (χ4v) is 3.57. The standard InChI is InChI=1S/C21H24N4O3S/c1-14(26)23-18-10-6-5-9-17(18)22-13-16-19(27)24-21(29)25(20(16)28)12-11-15-7-3-2-4-8-15/h5-7,9-10,13,28H,2-4,8,11-12H2,1H3,(H,23,26)(H,24,27,29). The van der Waals surface area contributed by atoms with E-state index < -0.39 is 5.56 Å². The van der Waals surface area contributed by atoms with Crippen molar-refractivity contribution in [3.05, 3.63) is 56.6 Å². The highest BCUT2D eigenvalue weighted by molar-refractivity contribution is 7.71. The van der Waals surface area contributed by atoms with E-state index in [1.54, 1.807) is 24.3 Å². The first kappa shape index (κ1) is 20.7. The Morgan fingerprint density at radius 3 is 2.90 bits per heavy atom. The summed E-state index contributed by atoms with van der Waals surface area (Å²) in [4.78, 5) is 30.6. The molecule has 0 saturated heterocycles. The quantitative estimate of drug-likeness (QED) is 0.376. The van der Waals surface area contributed by atoms with Crippen molar-refractivity contribution < 1.29 is 9.90 Å². The normalized spacial score (nSPS) is 14.0. The maximum atomic E-state index is 12.3. The average molecular weight is 413 g/mol. The van der Waals surface area contributed by atoms with Crippen LogP contribution in [0.3, 0.4) is 0 Å². The van der Waals surface area contributed by atoms with Crippen molar-refractivity contribution in [3.8, 4) is 5.88 Å². The Labute approximate surface area is 173 Å². The number of nitrogens with one attached hydrogen (secondary N) is 2. The predicted octanol–water partition coefficient (Wildman–Crippen LogP) is 4.21. The fourth-order valence-electron chi connectivity index (χ4n) is 3.30. The van der Waals surface area contributed by atoms with Crippen LogP contribution in [0.4, 0.5) is 11.4 Å². The molecule has 0 aliphatic heterocycles. The van der Waals surface area contributed by atoms with Gasteiger partial charge in [-0.05, 0) is 56.5 Å². The topological polar surface area (TPSA) is 99.5 Å². The van der Waals surface area contributed by atoms with Crippen molar-refractivity contribution in [2.24, 2.45) is 4.99 Å². The minimum absolute atomic E-state index is 0.0221. The van der Waals surface area contributed by atoms with Crippen LogP contribution in [0, 0.1) is 4.77 Å². The minimum atomic E-state index is -0.513. The summed E-state index contributed by atoms with van der Waals surface area (Å²) in [6.07, 6.45) is 8.86. The molecule has 3 rings (SSSR count). The lowest BCUT2D eigenvalue weighted by Crippen LogP contribution is -2.19. The van der Waals surface area contributed by atoms with Gasteiger partial charge < -0.3 is 10.4 Å². The number of nitrogens with zero attached hydrogens (tertiary/aromatic N) is 2. The predicted molar refractivity (Wildman–Crippen MR) is 117 cm³/mol. The lowest BCUT2D eigenvalue weighted by molar-refractivity contribution is -0.114. The number of para-hydroxylation sites is 2. The molecule has 1 aliphatic rings. The van der Waals surface area contributed by atoms with Gasteiger partial charge in [-0.1, -0.05) is 23.8 Å². The monoisotopic (exact) mass is 412 g/mol. The molecular weight excluding hydrogens is 388 g/mol. The van der Waals surface area contributed by atoms with Crippen LogP contribution < -0.4 is 10.9 Å². The van der Waals surface area contributed by atoms with Gasteiger partial charge in [-0.15, -0.1) is 0 Å². The molecule has 1 aromatic carbocycles. The van der Waals surface area contributed by atoms with E-state index in [4.69, 9.17) is 12.2 Å². The summed E-state index contributed by atoms with van der Waals surface area (Å²) in [5, 5.41) is 13.4. The summed E-state index contributed by atoms with van der Waals surface area (Å²) in [6.45, 7) is 1.89. The number of hydrogen-bond acceptors (Lipinski definition) is 5. The highest BCUT2D eigenvalue weighted by Crippen LogP contribution is 2.25. The van der Waals surface area contributed by atoms with Gasteiger partial charge in [-0.25, -0.2) is 0 Å². The molecule has 0 saturated carbocycles. The summed E-state index contributed by atoms with van der Waals surface area (Å²) in [5.74, 6) is -0.436. The molecule has 0 spiro atoms. The smallest absolute Gasteiger partial charge is 0.264 e. The van der Waals surface area contributed by atoms with E-state index in [-0.39, 0.29) is 22.1 Å². The Bertz CT molecular complexity index is 1080. The molecule has 0 atom stereocenters. The Morgan fingerprint density at radius 2 is 2.17 bits per heavy atom. The largest absolute Gasteiger partial charge is 0.494 e. The number of anilines is 1. The minimum Gasteiger partial charge on any atom is -0.494 e. The third-order valence-corrected chi connectivity index (χ3v) is 5.12. The van der Waals surface area contributed by atoms with Crippen LogP contribution >= 0.6 is 12.2 Å². The molecule has 0 bridgehead atoms. The summed E-state index contributed by atoms with van der Waals surface area (Å²) >= 11 is 5.24. The number of carbonyl (C=O) groups excluding carboxylic acids is 1. The molecule has 152 valence electrons. The number of aromatic nitrogens is 2. The van der Waals surface area contributed by atoms with Crippen molar-refractivity contribution in [1.82, 2.24) is 9.55 Å². The zero-order chi connectivity index (χ0) is 20.8. The lowest BCUT2D eigenvalue weighted by Gasteiger charge is -2.15. The second-order valence-corrected chi connectivity index (χ2v) is 7.35. The van der Waals surface area contributed by atoms with Gasteiger partial charge in [0, 0.05) is 19.7 Å². The molecule has 1 heterocycles. The van der Waals surface area contributed by atoms with E-state index in [0.717, 1.165) is 19.3 Å². The van der Waals surface area contributed by atoms with Crippen LogP contribution in [-0.4, -0.2) is 26.8 Å². The Morgan fingerprint density at radius 1 is 1.38 bits per heavy atom.